The first-order valence-electron chi connectivity index (χ1n) is 6.70. The first kappa shape index (κ1) is 14.1. The van der Waals surface area contributed by atoms with Crippen molar-refractivity contribution < 1.29 is 0 Å². The van der Waals surface area contributed by atoms with E-state index >= 15 is 0 Å². The Morgan fingerprint density at radius 2 is 2.00 bits per heavy atom. The molecule has 0 amide bonds. The van der Waals surface area contributed by atoms with Gasteiger partial charge in [0.25, 0.3) is 0 Å². The van der Waals surface area contributed by atoms with E-state index in [1.54, 1.807) is 0 Å². The molecule has 19 heavy (non-hydrogen) atoms. The number of rotatable bonds is 4. The quantitative estimate of drug-likeness (QED) is 0.829. The van der Waals surface area contributed by atoms with Gasteiger partial charge >= 0.3 is 0 Å². The molecule has 0 aromatic carbocycles. The molecule has 0 aliphatic carbocycles. The van der Waals surface area contributed by atoms with E-state index < -0.39 is 0 Å². The number of nitrogens with zero attached hydrogens (tertiary/aromatic N) is 4. The molecule has 6 heteroatoms. The summed E-state index contributed by atoms with van der Waals surface area (Å²) >= 11 is 5.13. The van der Waals surface area contributed by atoms with Crippen molar-refractivity contribution in [1.82, 2.24) is 15.1 Å². The van der Waals surface area contributed by atoms with Crippen LogP contribution in [0.25, 0.3) is 0 Å². The highest BCUT2D eigenvalue weighted by atomic mass is 32.1. The van der Waals surface area contributed by atoms with Crippen LogP contribution in [0.4, 0.5) is 5.82 Å². The molecule has 0 bridgehead atoms. The normalized spacial score (nSPS) is 18.3. The number of anilines is 1. The molecule has 5 nitrogen and oxygen atoms in total. The van der Waals surface area contributed by atoms with Crippen LogP contribution in [0.3, 0.4) is 0 Å². The molecule has 0 spiro atoms. The lowest BCUT2D eigenvalue weighted by atomic mass is 10.1. The average molecular weight is 279 g/mol. The molecule has 1 aliphatic heterocycles. The van der Waals surface area contributed by atoms with E-state index in [-0.39, 0.29) is 6.04 Å². The van der Waals surface area contributed by atoms with Gasteiger partial charge in [0.05, 0.1) is 16.7 Å². The maximum atomic E-state index is 5.79. The van der Waals surface area contributed by atoms with Gasteiger partial charge in [-0.2, -0.15) is 5.10 Å². The summed E-state index contributed by atoms with van der Waals surface area (Å²) in [6, 6.07) is 4.25. The molecule has 1 aromatic heterocycles. The zero-order chi connectivity index (χ0) is 13.8. The minimum atomic E-state index is 0.223. The second kappa shape index (κ2) is 6.25. The van der Waals surface area contributed by atoms with E-state index in [9.17, 15) is 0 Å². The Morgan fingerprint density at radius 1 is 1.32 bits per heavy atom. The molecular weight excluding hydrogens is 258 g/mol. The summed E-state index contributed by atoms with van der Waals surface area (Å²) < 4.78 is 0. The Labute approximate surface area is 119 Å². The Hall–Kier alpha value is -1.27. The molecule has 1 saturated heterocycles. The predicted molar refractivity (Wildman–Crippen MR) is 81.4 cm³/mol. The molecule has 1 fully saturated rings. The highest BCUT2D eigenvalue weighted by molar-refractivity contribution is 7.80. The van der Waals surface area contributed by atoms with Crippen LogP contribution in [0.1, 0.15) is 19.0 Å². The van der Waals surface area contributed by atoms with Crippen molar-refractivity contribution in [3.05, 3.63) is 17.8 Å². The summed E-state index contributed by atoms with van der Waals surface area (Å²) in [5, 5.41) is 8.34. The van der Waals surface area contributed by atoms with Crippen LogP contribution in [-0.2, 0) is 0 Å². The smallest absolute Gasteiger partial charge is 0.151 e. The SMILES string of the molecule is CCC(C(N)=S)N1CCN(c2ccc(C)nn2)CC1. The molecule has 1 aromatic rings. The first-order chi connectivity index (χ1) is 9.11. The number of hydrogen-bond acceptors (Lipinski definition) is 5. The summed E-state index contributed by atoms with van der Waals surface area (Å²) in [4.78, 5) is 5.22. The molecule has 1 aliphatic rings. The highest BCUT2D eigenvalue weighted by Gasteiger charge is 2.24. The zero-order valence-corrected chi connectivity index (χ0v) is 12.4. The van der Waals surface area contributed by atoms with Gasteiger partial charge in [-0.3, -0.25) is 4.90 Å². The number of thiocarbonyl (C=S) groups is 1. The van der Waals surface area contributed by atoms with Crippen LogP contribution in [0.5, 0.6) is 0 Å². The minimum absolute atomic E-state index is 0.223. The van der Waals surface area contributed by atoms with Crippen molar-refractivity contribution in [3.63, 3.8) is 0 Å². The fourth-order valence-electron chi connectivity index (χ4n) is 2.46. The second-order valence-electron chi connectivity index (χ2n) is 4.88. The van der Waals surface area contributed by atoms with Crippen molar-refractivity contribution in [1.29, 1.82) is 0 Å². The summed E-state index contributed by atoms with van der Waals surface area (Å²) in [6.45, 7) is 7.88. The Kier molecular flexibility index (Phi) is 4.66. The summed E-state index contributed by atoms with van der Waals surface area (Å²) in [5.41, 5.74) is 6.74. The molecule has 0 saturated carbocycles. The Morgan fingerprint density at radius 3 is 2.47 bits per heavy atom. The molecular formula is C13H21N5S. The third-order valence-electron chi connectivity index (χ3n) is 3.58. The van der Waals surface area contributed by atoms with E-state index in [1.807, 2.05) is 19.1 Å². The van der Waals surface area contributed by atoms with Crippen LogP contribution in [0.15, 0.2) is 12.1 Å². The zero-order valence-electron chi connectivity index (χ0n) is 11.5. The topological polar surface area (TPSA) is 58.3 Å². The monoisotopic (exact) mass is 279 g/mol. The predicted octanol–water partition coefficient (Wildman–Crippen LogP) is 0.972. The van der Waals surface area contributed by atoms with Crippen LogP contribution in [-0.4, -0.2) is 52.3 Å². The maximum Gasteiger partial charge on any atom is 0.151 e. The molecule has 2 N–H and O–H groups in total. The van der Waals surface area contributed by atoms with Crippen molar-refractivity contribution in [2.45, 2.75) is 26.3 Å². The van der Waals surface area contributed by atoms with Gasteiger partial charge in [-0.05, 0) is 25.5 Å². The highest BCUT2D eigenvalue weighted by Crippen LogP contribution is 2.15. The van der Waals surface area contributed by atoms with Gasteiger partial charge in [-0.25, -0.2) is 0 Å². The van der Waals surface area contributed by atoms with Gasteiger partial charge in [0.15, 0.2) is 5.82 Å². The van der Waals surface area contributed by atoms with Crippen molar-refractivity contribution >= 4 is 23.0 Å². The molecule has 0 radical (unpaired) electrons. The van der Waals surface area contributed by atoms with Gasteiger partial charge in [0, 0.05) is 26.2 Å². The van der Waals surface area contributed by atoms with Gasteiger partial charge in [-0.15, -0.1) is 5.10 Å². The number of aryl methyl sites for hydroxylation is 1. The van der Waals surface area contributed by atoms with Crippen molar-refractivity contribution in [3.8, 4) is 0 Å². The molecule has 2 heterocycles. The van der Waals surface area contributed by atoms with Gasteiger partial charge < -0.3 is 10.6 Å². The third-order valence-corrected chi connectivity index (χ3v) is 3.85. The Balaban J connectivity index is 1.95. The third kappa shape index (κ3) is 3.39. The Bertz CT molecular complexity index is 425. The van der Waals surface area contributed by atoms with E-state index in [0.29, 0.717) is 4.99 Å². The van der Waals surface area contributed by atoms with E-state index in [4.69, 9.17) is 18.0 Å². The second-order valence-corrected chi connectivity index (χ2v) is 5.35. The maximum absolute atomic E-state index is 5.79. The van der Waals surface area contributed by atoms with Crippen LogP contribution >= 0.6 is 12.2 Å². The lowest BCUT2D eigenvalue weighted by molar-refractivity contribution is 0.224. The largest absolute Gasteiger partial charge is 0.392 e. The number of aromatic nitrogens is 2. The summed E-state index contributed by atoms with van der Waals surface area (Å²) in [7, 11) is 0. The van der Waals surface area contributed by atoms with Crippen LogP contribution < -0.4 is 10.6 Å². The lowest BCUT2D eigenvalue weighted by Crippen LogP contribution is -2.53. The molecule has 1 unspecified atom stereocenters. The first-order valence-corrected chi connectivity index (χ1v) is 7.11. The molecule has 1 atom stereocenters. The summed E-state index contributed by atoms with van der Waals surface area (Å²) in [6.07, 6.45) is 0.972. The van der Waals surface area contributed by atoms with E-state index in [0.717, 1.165) is 44.1 Å². The summed E-state index contributed by atoms with van der Waals surface area (Å²) in [5.74, 6) is 0.952. The minimum Gasteiger partial charge on any atom is -0.392 e. The van der Waals surface area contributed by atoms with E-state index in [2.05, 4.69) is 26.9 Å². The molecule has 104 valence electrons. The fourth-order valence-corrected chi connectivity index (χ4v) is 2.78. The number of piperazine rings is 1. The van der Waals surface area contributed by atoms with Crippen LogP contribution in [0, 0.1) is 6.92 Å². The number of hydrogen-bond donors (Lipinski definition) is 1. The molecule has 2 rings (SSSR count). The van der Waals surface area contributed by atoms with Crippen LogP contribution in [0.2, 0.25) is 0 Å². The average Bonchev–Trinajstić information content (AvgIpc) is 2.41. The van der Waals surface area contributed by atoms with E-state index in [1.165, 1.54) is 0 Å². The van der Waals surface area contributed by atoms with Gasteiger partial charge in [0.2, 0.25) is 0 Å². The van der Waals surface area contributed by atoms with Crippen molar-refractivity contribution in [2.75, 3.05) is 31.1 Å². The number of nitrogens with two attached hydrogens (primary N) is 1. The van der Waals surface area contributed by atoms with Crippen molar-refractivity contribution in [2.24, 2.45) is 5.73 Å². The standard InChI is InChI=1S/C13H21N5S/c1-3-11(13(14)19)17-6-8-18(9-7-17)12-5-4-10(2)15-16-12/h4-5,11H,3,6-9H2,1-2H3,(H2,14,19). The lowest BCUT2D eigenvalue weighted by Gasteiger charge is -2.38. The van der Waals surface area contributed by atoms with Gasteiger partial charge in [0.1, 0.15) is 0 Å². The van der Waals surface area contributed by atoms with Gasteiger partial charge in [-0.1, -0.05) is 19.1 Å². The fraction of sp³-hybridized carbons (Fsp3) is 0.615.